The van der Waals surface area contributed by atoms with Gasteiger partial charge in [0, 0.05) is 31.1 Å². The van der Waals surface area contributed by atoms with Crippen molar-refractivity contribution in [3.8, 4) is 0 Å². The lowest BCUT2D eigenvalue weighted by atomic mass is 9.95. The summed E-state index contributed by atoms with van der Waals surface area (Å²) in [6, 6.07) is 16.7. The van der Waals surface area contributed by atoms with Gasteiger partial charge in [-0.25, -0.2) is 4.79 Å². The number of nitrogens with zero attached hydrogens (tertiary/aromatic N) is 1. The van der Waals surface area contributed by atoms with Crippen LogP contribution < -0.4 is 5.32 Å². The van der Waals surface area contributed by atoms with Gasteiger partial charge in [0.25, 0.3) is 0 Å². The fraction of sp³-hybridized carbons (Fsp3) is 0.375. The van der Waals surface area contributed by atoms with Crippen molar-refractivity contribution in [3.63, 3.8) is 0 Å². The van der Waals surface area contributed by atoms with Crippen LogP contribution in [0.15, 0.2) is 54.6 Å². The van der Waals surface area contributed by atoms with E-state index < -0.39 is 5.97 Å². The van der Waals surface area contributed by atoms with Crippen molar-refractivity contribution in [2.75, 3.05) is 25.0 Å². The summed E-state index contributed by atoms with van der Waals surface area (Å²) in [4.78, 5) is 38.8. The Morgan fingerprint density at radius 2 is 1.77 bits per heavy atom. The molecule has 1 heterocycles. The molecule has 2 amide bonds. The number of carbonyl (C=O) groups excluding carboxylic acids is 3. The minimum Gasteiger partial charge on any atom is -0.462 e. The van der Waals surface area contributed by atoms with Crippen molar-refractivity contribution in [3.05, 3.63) is 65.7 Å². The van der Waals surface area contributed by atoms with E-state index in [4.69, 9.17) is 4.74 Å². The molecular weight excluding hydrogens is 380 g/mol. The van der Waals surface area contributed by atoms with E-state index in [9.17, 15) is 14.4 Å². The number of ether oxygens (including phenoxy) is 1. The molecule has 1 aliphatic rings. The maximum Gasteiger partial charge on any atom is 0.338 e. The van der Waals surface area contributed by atoms with E-state index in [0.29, 0.717) is 50.2 Å². The van der Waals surface area contributed by atoms with Gasteiger partial charge in [0.2, 0.25) is 11.8 Å². The molecule has 1 fully saturated rings. The topological polar surface area (TPSA) is 75.7 Å². The predicted octanol–water partition coefficient (Wildman–Crippen LogP) is 3.67. The second kappa shape index (κ2) is 10.6. The summed E-state index contributed by atoms with van der Waals surface area (Å²) in [5.41, 5.74) is 2.14. The van der Waals surface area contributed by atoms with Crippen LogP contribution in [0.3, 0.4) is 0 Å². The molecule has 0 saturated carbocycles. The molecule has 1 saturated heterocycles. The Labute approximate surface area is 177 Å². The van der Waals surface area contributed by atoms with Crippen molar-refractivity contribution in [1.82, 2.24) is 4.90 Å². The summed E-state index contributed by atoms with van der Waals surface area (Å²) in [6.45, 7) is 3.24. The number of anilines is 1. The summed E-state index contributed by atoms with van der Waals surface area (Å²) in [5.74, 6) is -0.488. The lowest BCUT2D eigenvalue weighted by Crippen LogP contribution is -2.41. The minimum atomic E-state index is -0.407. The van der Waals surface area contributed by atoms with Crippen molar-refractivity contribution < 1.29 is 19.1 Å². The lowest BCUT2D eigenvalue weighted by Gasteiger charge is -2.31. The van der Waals surface area contributed by atoms with Gasteiger partial charge in [-0.2, -0.15) is 0 Å². The highest BCUT2D eigenvalue weighted by molar-refractivity contribution is 5.95. The number of piperidine rings is 1. The number of carbonyl (C=O) groups is 3. The number of nitrogens with one attached hydrogen (secondary N) is 1. The number of rotatable bonds is 7. The van der Waals surface area contributed by atoms with Gasteiger partial charge >= 0.3 is 5.97 Å². The van der Waals surface area contributed by atoms with E-state index in [0.717, 1.165) is 12.0 Å². The molecule has 6 nitrogen and oxygen atoms in total. The second-order valence-electron chi connectivity index (χ2n) is 7.43. The SMILES string of the molecule is CCOC(=O)c1cccc(NC(=O)C2CCN(C(=O)CCc3ccccc3)CC2)c1. The number of likely N-dealkylation sites (tertiary alicyclic amines) is 1. The van der Waals surface area contributed by atoms with Crippen molar-refractivity contribution in [1.29, 1.82) is 0 Å². The molecule has 0 aromatic heterocycles. The highest BCUT2D eigenvalue weighted by atomic mass is 16.5. The fourth-order valence-corrected chi connectivity index (χ4v) is 3.63. The van der Waals surface area contributed by atoms with Crippen molar-refractivity contribution >= 4 is 23.5 Å². The van der Waals surface area contributed by atoms with E-state index in [-0.39, 0.29) is 17.7 Å². The molecule has 1 aliphatic heterocycles. The molecule has 1 N–H and O–H groups in total. The number of aryl methyl sites for hydroxylation is 1. The molecule has 158 valence electrons. The zero-order valence-electron chi connectivity index (χ0n) is 17.3. The Morgan fingerprint density at radius 1 is 1.03 bits per heavy atom. The average molecular weight is 408 g/mol. The van der Waals surface area contributed by atoms with Gasteiger partial charge < -0.3 is 15.0 Å². The lowest BCUT2D eigenvalue weighted by molar-refractivity contribution is -0.134. The van der Waals surface area contributed by atoms with Gasteiger partial charge in [-0.15, -0.1) is 0 Å². The average Bonchev–Trinajstić information content (AvgIpc) is 2.78. The summed E-state index contributed by atoms with van der Waals surface area (Å²) in [5, 5.41) is 2.89. The van der Waals surface area contributed by atoms with Crippen LogP contribution in [0.25, 0.3) is 0 Å². The van der Waals surface area contributed by atoms with E-state index in [1.165, 1.54) is 0 Å². The van der Waals surface area contributed by atoms with Gasteiger partial charge in [-0.05, 0) is 49.9 Å². The standard InChI is InChI=1S/C24H28N2O4/c1-2-30-24(29)20-9-6-10-21(17-20)25-23(28)19-13-15-26(16-14-19)22(27)12-11-18-7-4-3-5-8-18/h3-10,17,19H,2,11-16H2,1H3,(H,25,28). The molecule has 0 aliphatic carbocycles. The number of benzene rings is 2. The molecule has 0 unspecified atom stereocenters. The zero-order chi connectivity index (χ0) is 21.3. The Kier molecular flexibility index (Phi) is 7.60. The summed E-state index contributed by atoms with van der Waals surface area (Å²) < 4.78 is 5.00. The van der Waals surface area contributed by atoms with Crippen LogP contribution in [-0.2, 0) is 20.7 Å². The monoisotopic (exact) mass is 408 g/mol. The van der Waals surface area contributed by atoms with Gasteiger partial charge in [0.15, 0.2) is 0 Å². The maximum absolute atomic E-state index is 12.6. The molecule has 30 heavy (non-hydrogen) atoms. The van der Waals surface area contributed by atoms with Crippen LogP contribution in [0.4, 0.5) is 5.69 Å². The van der Waals surface area contributed by atoms with E-state index >= 15 is 0 Å². The first-order valence-corrected chi connectivity index (χ1v) is 10.5. The van der Waals surface area contributed by atoms with E-state index in [1.807, 2.05) is 35.2 Å². The Morgan fingerprint density at radius 3 is 2.47 bits per heavy atom. The van der Waals surface area contributed by atoms with E-state index in [2.05, 4.69) is 5.32 Å². The molecule has 2 aromatic rings. The second-order valence-corrected chi connectivity index (χ2v) is 7.43. The first-order chi connectivity index (χ1) is 14.6. The highest BCUT2D eigenvalue weighted by Gasteiger charge is 2.27. The van der Waals surface area contributed by atoms with Crippen LogP contribution in [0.2, 0.25) is 0 Å². The number of hydrogen-bond acceptors (Lipinski definition) is 4. The molecule has 0 radical (unpaired) electrons. The molecule has 0 bridgehead atoms. The van der Waals surface area contributed by atoms with Crippen LogP contribution in [0, 0.1) is 5.92 Å². The minimum absolute atomic E-state index is 0.0765. The third-order valence-electron chi connectivity index (χ3n) is 5.33. The predicted molar refractivity (Wildman–Crippen MR) is 115 cm³/mol. The molecule has 6 heteroatoms. The third-order valence-corrected chi connectivity index (χ3v) is 5.33. The quantitative estimate of drug-likeness (QED) is 0.709. The van der Waals surface area contributed by atoms with Crippen LogP contribution in [0.1, 0.15) is 42.1 Å². The largest absolute Gasteiger partial charge is 0.462 e. The first kappa shape index (κ1) is 21.6. The van der Waals surface area contributed by atoms with Crippen LogP contribution >= 0.6 is 0 Å². The van der Waals surface area contributed by atoms with Crippen LogP contribution in [0.5, 0.6) is 0 Å². The molecule has 3 rings (SSSR count). The fourth-order valence-electron chi connectivity index (χ4n) is 3.63. The first-order valence-electron chi connectivity index (χ1n) is 10.5. The Hall–Kier alpha value is -3.15. The summed E-state index contributed by atoms with van der Waals surface area (Å²) >= 11 is 0. The van der Waals surface area contributed by atoms with E-state index in [1.54, 1.807) is 31.2 Å². The van der Waals surface area contributed by atoms with Crippen molar-refractivity contribution in [2.45, 2.75) is 32.6 Å². The molecular formula is C24H28N2O4. The number of hydrogen-bond donors (Lipinski definition) is 1. The van der Waals surface area contributed by atoms with Gasteiger partial charge in [-0.1, -0.05) is 36.4 Å². The molecule has 0 atom stereocenters. The Bertz CT molecular complexity index is 874. The number of esters is 1. The van der Waals surface area contributed by atoms with Gasteiger partial charge in [0.1, 0.15) is 0 Å². The normalized spacial score (nSPS) is 14.2. The smallest absolute Gasteiger partial charge is 0.338 e. The van der Waals surface area contributed by atoms with Gasteiger partial charge in [-0.3, -0.25) is 9.59 Å². The molecule has 0 spiro atoms. The van der Waals surface area contributed by atoms with Crippen LogP contribution in [-0.4, -0.2) is 42.4 Å². The van der Waals surface area contributed by atoms with Gasteiger partial charge in [0.05, 0.1) is 12.2 Å². The maximum atomic E-state index is 12.6. The third kappa shape index (κ3) is 5.92. The highest BCUT2D eigenvalue weighted by Crippen LogP contribution is 2.21. The van der Waals surface area contributed by atoms with Crippen molar-refractivity contribution in [2.24, 2.45) is 5.92 Å². The number of amides is 2. The Balaban J connectivity index is 1.46. The molecule has 2 aromatic carbocycles. The zero-order valence-corrected chi connectivity index (χ0v) is 17.3. The summed E-state index contributed by atoms with van der Waals surface area (Å²) in [7, 11) is 0. The summed E-state index contributed by atoms with van der Waals surface area (Å²) in [6.07, 6.45) is 2.50.